The summed E-state index contributed by atoms with van der Waals surface area (Å²) >= 11 is 0. The quantitative estimate of drug-likeness (QED) is 0.497. The molecule has 0 bridgehead atoms. The maximum absolute atomic E-state index is 10.7. The zero-order chi connectivity index (χ0) is 8.97. The van der Waals surface area contributed by atoms with E-state index in [0.717, 1.165) is 6.54 Å². The third-order valence-corrected chi connectivity index (χ3v) is 1.82. The molecule has 1 aliphatic heterocycles. The Morgan fingerprint density at radius 2 is 2.58 bits per heavy atom. The van der Waals surface area contributed by atoms with Gasteiger partial charge < -0.3 is 5.73 Å². The number of carbonyl (C=O) groups is 1. The second-order valence-electron chi connectivity index (χ2n) is 2.72. The van der Waals surface area contributed by atoms with Gasteiger partial charge in [0.05, 0.1) is 12.6 Å². The monoisotopic (exact) mass is 167 g/mol. The van der Waals surface area contributed by atoms with Gasteiger partial charge in [0, 0.05) is 19.6 Å². The number of nitrogens with two attached hydrogens (primary N) is 1. The Labute approximate surface area is 71.1 Å². The second kappa shape index (κ2) is 4.04. The Morgan fingerprint density at radius 1 is 1.83 bits per heavy atom. The van der Waals surface area contributed by atoms with Gasteiger partial charge in [0.15, 0.2) is 0 Å². The highest BCUT2D eigenvalue weighted by Gasteiger charge is 2.23. The van der Waals surface area contributed by atoms with E-state index in [0.29, 0.717) is 19.6 Å². The van der Waals surface area contributed by atoms with E-state index in [1.54, 1.807) is 0 Å². The molecule has 0 aliphatic carbocycles. The average molecular weight is 167 g/mol. The Bertz CT molecular complexity index is 210. The van der Waals surface area contributed by atoms with Crippen LogP contribution in [0.15, 0.2) is 0 Å². The highest BCUT2D eigenvalue weighted by atomic mass is 16.1. The van der Waals surface area contributed by atoms with Crippen molar-refractivity contribution in [2.45, 2.75) is 6.04 Å². The number of carbonyl (C=O) groups excluding carboxylic acids is 1. The number of amides is 1. The van der Waals surface area contributed by atoms with E-state index in [1.165, 1.54) is 0 Å². The molecule has 0 saturated carbocycles. The molecule has 1 heterocycles. The summed E-state index contributed by atoms with van der Waals surface area (Å²) in [7, 11) is 0. The van der Waals surface area contributed by atoms with Crippen LogP contribution in [0.1, 0.15) is 0 Å². The average Bonchev–Trinajstić information content (AvgIpc) is 2.05. The fraction of sp³-hybridized carbons (Fsp3) is 0.714. The highest BCUT2D eigenvalue weighted by Crippen LogP contribution is 1.98. The first-order valence-electron chi connectivity index (χ1n) is 3.79. The normalized spacial score (nSPS) is 24.8. The van der Waals surface area contributed by atoms with Crippen molar-refractivity contribution in [3.05, 3.63) is 0 Å². The molecule has 2 N–H and O–H groups in total. The lowest BCUT2D eigenvalue weighted by atomic mass is 10.2. The summed E-state index contributed by atoms with van der Waals surface area (Å²) in [5, 5.41) is 12.4. The van der Waals surface area contributed by atoms with Gasteiger partial charge in [0.1, 0.15) is 6.04 Å². The Hall–Kier alpha value is -1.12. The molecule has 5 nitrogen and oxygen atoms in total. The minimum absolute atomic E-state index is 0.347. The first kappa shape index (κ1) is 8.97. The maximum Gasteiger partial charge on any atom is 0.237 e. The summed E-state index contributed by atoms with van der Waals surface area (Å²) < 4.78 is 0. The fourth-order valence-electron chi connectivity index (χ4n) is 1.17. The van der Waals surface area contributed by atoms with Gasteiger partial charge in [-0.05, 0) is 0 Å². The lowest BCUT2D eigenvalue weighted by molar-refractivity contribution is -0.121. The van der Waals surface area contributed by atoms with Crippen LogP contribution in [-0.4, -0.2) is 43.0 Å². The van der Waals surface area contributed by atoms with Gasteiger partial charge in [-0.25, -0.2) is 5.32 Å². The van der Waals surface area contributed by atoms with Gasteiger partial charge in [-0.1, -0.05) is 0 Å². The highest BCUT2D eigenvalue weighted by molar-refractivity contribution is 5.80. The van der Waals surface area contributed by atoms with Crippen molar-refractivity contribution in [3.63, 3.8) is 0 Å². The summed E-state index contributed by atoms with van der Waals surface area (Å²) in [6.45, 7) is 2.18. The second-order valence-corrected chi connectivity index (χ2v) is 2.72. The van der Waals surface area contributed by atoms with Crippen LogP contribution >= 0.6 is 0 Å². The van der Waals surface area contributed by atoms with E-state index in [4.69, 9.17) is 11.0 Å². The lowest BCUT2D eigenvalue weighted by Crippen LogP contribution is -2.52. The number of primary amides is 1. The van der Waals surface area contributed by atoms with Crippen LogP contribution in [0.2, 0.25) is 0 Å². The number of rotatable bonds is 2. The summed E-state index contributed by atoms with van der Waals surface area (Å²) in [5.41, 5.74) is 5.08. The Kier molecular flexibility index (Phi) is 3.02. The van der Waals surface area contributed by atoms with Gasteiger partial charge in [-0.2, -0.15) is 5.26 Å². The maximum atomic E-state index is 10.7. The number of hydrogen-bond donors (Lipinski definition) is 1. The van der Waals surface area contributed by atoms with Crippen LogP contribution in [0.3, 0.4) is 0 Å². The number of nitriles is 1. The first-order chi connectivity index (χ1) is 5.74. The molecule has 65 valence electrons. The summed E-state index contributed by atoms with van der Waals surface area (Å²) in [6.07, 6.45) is 0. The Balaban J connectivity index is 2.41. The molecule has 1 aliphatic rings. The van der Waals surface area contributed by atoms with E-state index in [9.17, 15) is 4.79 Å². The minimum atomic E-state index is -0.424. The standard InChI is InChI=1S/C7H11N4O/c8-1-3-11-4-2-10-6(5-11)7(9)12/h6H,2-5H2,(H2,9,12). The van der Waals surface area contributed by atoms with E-state index < -0.39 is 11.9 Å². The Morgan fingerprint density at radius 3 is 3.17 bits per heavy atom. The molecule has 1 unspecified atom stereocenters. The van der Waals surface area contributed by atoms with Crippen LogP contribution in [0.5, 0.6) is 0 Å². The van der Waals surface area contributed by atoms with Crippen molar-refractivity contribution < 1.29 is 4.79 Å². The number of piperazine rings is 1. The van der Waals surface area contributed by atoms with Gasteiger partial charge in [0.25, 0.3) is 0 Å². The van der Waals surface area contributed by atoms with Gasteiger partial charge in [-0.15, -0.1) is 0 Å². The third kappa shape index (κ3) is 2.19. The molecule has 1 saturated heterocycles. The van der Waals surface area contributed by atoms with Gasteiger partial charge >= 0.3 is 0 Å². The molecule has 0 aromatic heterocycles. The summed E-state index contributed by atoms with van der Waals surface area (Å²) in [4.78, 5) is 12.6. The van der Waals surface area contributed by atoms with E-state index in [2.05, 4.69) is 5.32 Å². The first-order valence-corrected chi connectivity index (χ1v) is 3.79. The predicted octanol–water partition coefficient (Wildman–Crippen LogP) is -1.72. The molecule has 1 radical (unpaired) electrons. The third-order valence-electron chi connectivity index (χ3n) is 1.82. The number of nitrogens with zero attached hydrogens (tertiary/aromatic N) is 3. The SMILES string of the molecule is N#CCN1CC[N]C(C(N)=O)C1. The topological polar surface area (TPSA) is 84.2 Å². The zero-order valence-corrected chi connectivity index (χ0v) is 6.73. The molecule has 1 fully saturated rings. The van der Waals surface area contributed by atoms with E-state index >= 15 is 0 Å². The van der Waals surface area contributed by atoms with Gasteiger partial charge in [0.2, 0.25) is 5.91 Å². The van der Waals surface area contributed by atoms with Crippen molar-refractivity contribution in [3.8, 4) is 6.07 Å². The molecule has 5 heteroatoms. The summed E-state index contributed by atoms with van der Waals surface area (Å²) in [6, 6.07) is 1.61. The van der Waals surface area contributed by atoms with Crippen molar-refractivity contribution >= 4 is 5.91 Å². The molecular formula is C7H11N4O. The molecule has 0 aromatic rings. The fourth-order valence-corrected chi connectivity index (χ4v) is 1.17. The van der Waals surface area contributed by atoms with Crippen molar-refractivity contribution in [1.82, 2.24) is 10.2 Å². The van der Waals surface area contributed by atoms with Crippen LogP contribution in [0.4, 0.5) is 0 Å². The van der Waals surface area contributed by atoms with Gasteiger partial charge in [-0.3, -0.25) is 9.69 Å². The minimum Gasteiger partial charge on any atom is -0.368 e. The molecular weight excluding hydrogens is 156 g/mol. The molecule has 1 amide bonds. The van der Waals surface area contributed by atoms with Crippen LogP contribution in [0, 0.1) is 11.3 Å². The molecule has 0 aromatic carbocycles. The van der Waals surface area contributed by atoms with Crippen molar-refractivity contribution in [1.29, 1.82) is 5.26 Å². The zero-order valence-electron chi connectivity index (χ0n) is 6.73. The summed E-state index contributed by atoms with van der Waals surface area (Å²) in [5.74, 6) is -0.405. The smallest absolute Gasteiger partial charge is 0.237 e. The lowest BCUT2D eigenvalue weighted by Gasteiger charge is -2.28. The molecule has 0 spiro atoms. The van der Waals surface area contributed by atoms with Crippen LogP contribution < -0.4 is 11.1 Å². The van der Waals surface area contributed by atoms with E-state index in [-0.39, 0.29) is 0 Å². The van der Waals surface area contributed by atoms with Crippen molar-refractivity contribution in [2.24, 2.45) is 5.73 Å². The molecule has 1 rings (SSSR count). The number of hydrogen-bond acceptors (Lipinski definition) is 3. The molecule has 1 atom stereocenters. The molecule has 12 heavy (non-hydrogen) atoms. The van der Waals surface area contributed by atoms with Crippen LogP contribution in [0.25, 0.3) is 0 Å². The largest absolute Gasteiger partial charge is 0.368 e. The van der Waals surface area contributed by atoms with Crippen molar-refractivity contribution in [2.75, 3.05) is 26.2 Å². The predicted molar refractivity (Wildman–Crippen MR) is 42.0 cm³/mol. The van der Waals surface area contributed by atoms with E-state index in [1.807, 2.05) is 11.0 Å². The van der Waals surface area contributed by atoms with Crippen LogP contribution in [-0.2, 0) is 4.79 Å².